The molecule has 0 radical (unpaired) electrons. The quantitative estimate of drug-likeness (QED) is 0.670. The van der Waals surface area contributed by atoms with Gasteiger partial charge in [0, 0.05) is 51.6 Å². The van der Waals surface area contributed by atoms with Crippen LogP contribution < -0.4 is 5.32 Å². The third-order valence-corrected chi connectivity index (χ3v) is 5.46. The molecule has 160 valence electrons. The largest absolute Gasteiger partial charge is 0.326 e. The molecule has 1 aliphatic heterocycles. The van der Waals surface area contributed by atoms with E-state index < -0.39 is 5.82 Å². The number of benzene rings is 2. The number of nitrogens with one attached hydrogen (secondary N) is 1. The predicted molar refractivity (Wildman–Crippen MR) is 117 cm³/mol. The monoisotopic (exact) mass is 411 g/mol. The second-order valence-corrected chi connectivity index (χ2v) is 8.00. The topological polar surface area (TPSA) is 52.7 Å². The van der Waals surface area contributed by atoms with E-state index in [1.54, 1.807) is 0 Å². The van der Waals surface area contributed by atoms with Gasteiger partial charge in [0.15, 0.2) is 5.78 Å². The predicted octanol–water partition coefficient (Wildman–Crippen LogP) is 3.87. The fourth-order valence-electron chi connectivity index (χ4n) is 3.77. The molecule has 0 saturated carbocycles. The van der Waals surface area contributed by atoms with Crippen LogP contribution in [0.3, 0.4) is 0 Å². The molecule has 1 heterocycles. The molecule has 6 heteroatoms. The molecule has 1 fully saturated rings. The molecule has 0 atom stereocenters. The molecule has 2 aromatic rings. The van der Waals surface area contributed by atoms with E-state index in [0.29, 0.717) is 12.0 Å². The molecule has 1 N–H and O–H groups in total. The summed E-state index contributed by atoms with van der Waals surface area (Å²) in [5.41, 5.74) is 3.24. The Labute approximate surface area is 177 Å². The summed E-state index contributed by atoms with van der Waals surface area (Å²) >= 11 is 0. The molecule has 0 aliphatic carbocycles. The van der Waals surface area contributed by atoms with Gasteiger partial charge >= 0.3 is 0 Å². The number of aryl methyl sites for hydroxylation is 1. The number of halogens is 1. The summed E-state index contributed by atoms with van der Waals surface area (Å²) in [4.78, 5) is 28.7. The summed E-state index contributed by atoms with van der Waals surface area (Å²) in [6.07, 6.45) is 1.12. The van der Waals surface area contributed by atoms with E-state index >= 15 is 0 Å². The average Bonchev–Trinajstić information content (AvgIpc) is 2.70. The minimum Gasteiger partial charge on any atom is -0.326 e. The smallest absolute Gasteiger partial charge is 0.221 e. The highest BCUT2D eigenvalue weighted by molar-refractivity contribution is 6.04. The summed E-state index contributed by atoms with van der Waals surface area (Å²) in [7, 11) is 0. The van der Waals surface area contributed by atoms with Gasteiger partial charge in [0.25, 0.3) is 0 Å². The van der Waals surface area contributed by atoms with Crippen molar-refractivity contribution in [3.05, 3.63) is 65.0 Å². The van der Waals surface area contributed by atoms with Crippen molar-refractivity contribution < 1.29 is 14.0 Å². The first kappa shape index (κ1) is 22.1. The molecule has 30 heavy (non-hydrogen) atoms. The van der Waals surface area contributed by atoms with E-state index in [-0.39, 0.29) is 17.4 Å². The second-order valence-electron chi connectivity index (χ2n) is 8.00. The molecular formula is C24H30FN3O2. The fraction of sp³-hybridized carbons (Fsp3) is 0.417. The normalized spacial score (nSPS) is 15.2. The Hall–Kier alpha value is -2.57. The second kappa shape index (κ2) is 10.5. The average molecular weight is 412 g/mol. The molecule has 2 aromatic carbocycles. The number of ketones is 1. The summed E-state index contributed by atoms with van der Waals surface area (Å²) in [5.74, 6) is -0.867. The number of hydrogen-bond acceptors (Lipinski definition) is 4. The number of carbonyl (C=O) groups excluding carboxylic acids is 2. The van der Waals surface area contributed by atoms with E-state index in [9.17, 15) is 14.0 Å². The first-order chi connectivity index (χ1) is 14.4. The van der Waals surface area contributed by atoms with Crippen molar-refractivity contribution in [3.63, 3.8) is 0 Å². The molecule has 3 rings (SSSR count). The molecular weight excluding hydrogens is 381 g/mol. The lowest BCUT2D eigenvalue weighted by atomic mass is 10.0. The summed E-state index contributed by atoms with van der Waals surface area (Å²) in [6.45, 7) is 9.31. The molecule has 0 unspecified atom stereocenters. The summed E-state index contributed by atoms with van der Waals surface area (Å²) < 4.78 is 13.5. The lowest BCUT2D eigenvalue weighted by Gasteiger charge is -2.34. The number of nitrogens with zero attached hydrogens (tertiary/aromatic N) is 2. The van der Waals surface area contributed by atoms with Crippen LogP contribution in [0.5, 0.6) is 0 Å². The van der Waals surface area contributed by atoms with Crippen LogP contribution in [0.1, 0.15) is 41.3 Å². The van der Waals surface area contributed by atoms with E-state index in [1.165, 1.54) is 36.2 Å². The summed E-state index contributed by atoms with van der Waals surface area (Å²) in [6, 6.07) is 12.6. The van der Waals surface area contributed by atoms with Crippen molar-refractivity contribution in [2.24, 2.45) is 0 Å². The van der Waals surface area contributed by atoms with Gasteiger partial charge in [-0.1, -0.05) is 29.8 Å². The van der Waals surface area contributed by atoms with Gasteiger partial charge in [0.2, 0.25) is 5.91 Å². The first-order valence-corrected chi connectivity index (χ1v) is 10.5. The molecule has 1 amide bonds. The van der Waals surface area contributed by atoms with Gasteiger partial charge in [-0.05, 0) is 43.7 Å². The Kier molecular flexibility index (Phi) is 7.71. The van der Waals surface area contributed by atoms with Crippen molar-refractivity contribution in [2.75, 3.05) is 38.0 Å². The van der Waals surface area contributed by atoms with Crippen LogP contribution in [0.15, 0.2) is 42.5 Å². The van der Waals surface area contributed by atoms with E-state index in [2.05, 4.69) is 46.3 Å². The van der Waals surface area contributed by atoms with Gasteiger partial charge in [-0.2, -0.15) is 0 Å². The van der Waals surface area contributed by atoms with Crippen molar-refractivity contribution in [3.8, 4) is 0 Å². The van der Waals surface area contributed by atoms with Crippen LogP contribution in [-0.4, -0.2) is 54.2 Å². The van der Waals surface area contributed by atoms with Gasteiger partial charge in [-0.25, -0.2) is 4.39 Å². The number of hydrogen-bond donors (Lipinski definition) is 1. The Bertz CT molecular complexity index is 875. The van der Waals surface area contributed by atoms with Gasteiger partial charge in [-0.15, -0.1) is 0 Å². The third-order valence-electron chi connectivity index (χ3n) is 5.46. The minimum absolute atomic E-state index is 0.0724. The van der Waals surface area contributed by atoms with Gasteiger partial charge < -0.3 is 10.2 Å². The van der Waals surface area contributed by atoms with Crippen molar-refractivity contribution in [2.45, 2.75) is 33.2 Å². The maximum absolute atomic E-state index is 13.5. The van der Waals surface area contributed by atoms with Gasteiger partial charge in [-0.3, -0.25) is 14.5 Å². The Morgan fingerprint density at radius 1 is 1.00 bits per heavy atom. The van der Waals surface area contributed by atoms with Crippen molar-refractivity contribution in [1.29, 1.82) is 0 Å². The lowest BCUT2D eigenvalue weighted by molar-refractivity contribution is -0.114. The maximum Gasteiger partial charge on any atom is 0.221 e. The van der Waals surface area contributed by atoms with E-state index in [1.807, 2.05) is 0 Å². The third kappa shape index (κ3) is 6.47. The highest BCUT2D eigenvalue weighted by Crippen LogP contribution is 2.20. The Morgan fingerprint density at radius 2 is 1.67 bits per heavy atom. The van der Waals surface area contributed by atoms with Crippen LogP contribution in [-0.2, 0) is 11.3 Å². The van der Waals surface area contributed by atoms with E-state index in [4.69, 9.17) is 0 Å². The van der Waals surface area contributed by atoms with Crippen LogP contribution in [0.25, 0.3) is 0 Å². The zero-order chi connectivity index (χ0) is 21.5. The van der Waals surface area contributed by atoms with Crippen LogP contribution >= 0.6 is 0 Å². The van der Waals surface area contributed by atoms with Crippen LogP contribution in [0, 0.1) is 12.7 Å². The highest BCUT2D eigenvalue weighted by atomic mass is 19.1. The first-order valence-electron chi connectivity index (χ1n) is 10.5. The number of piperazine rings is 1. The molecule has 5 nitrogen and oxygen atoms in total. The van der Waals surface area contributed by atoms with Crippen molar-refractivity contribution >= 4 is 17.4 Å². The maximum atomic E-state index is 13.5. The van der Waals surface area contributed by atoms with Gasteiger partial charge in [0.05, 0.1) is 5.69 Å². The van der Waals surface area contributed by atoms with Gasteiger partial charge in [0.1, 0.15) is 5.82 Å². The highest BCUT2D eigenvalue weighted by Gasteiger charge is 2.18. The number of rotatable bonds is 8. The Balaban J connectivity index is 1.42. The zero-order valence-corrected chi connectivity index (χ0v) is 17.8. The standard InChI is InChI=1S/C24H30FN3O2/c1-18-5-7-20(8-6-18)17-28-14-12-27(13-15-28)11-3-4-24(30)22-10-9-21(25)16-23(22)26-19(2)29/h5-10,16H,3-4,11-15,17H2,1-2H3,(H,26,29). The number of Topliss-reactive ketones (excluding diaryl/α,β-unsaturated/α-hetero) is 1. The van der Waals surface area contributed by atoms with Crippen molar-refractivity contribution in [1.82, 2.24) is 9.80 Å². The number of carbonyl (C=O) groups is 2. The molecule has 0 spiro atoms. The number of anilines is 1. The fourth-order valence-corrected chi connectivity index (χ4v) is 3.77. The molecule has 0 bridgehead atoms. The Morgan fingerprint density at radius 3 is 2.33 bits per heavy atom. The van der Waals surface area contributed by atoms with Crippen LogP contribution in [0.2, 0.25) is 0 Å². The van der Waals surface area contributed by atoms with Crippen LogP contribution in [0.4, 0.5) is 10.1 Å². The molecule has 1 aliphatic rings. The number of amides is 1. The minimum atomic E-state index is -0.473. The summed E-state index contributed by atoms with van der Waals surface area (Å²) in [5, 5.41) is 2.55. The zero-order valence-electron chi connectivity index (χ0n) is 17.8. The lowest BCUT2D eigenvalue weighted by Crippen LogP contribution is -2.46. The molecule has 0 aromatic heterocycles. The SMILES string of the molecule is CC(=O)Nc1cc(F)ccc1C(=O)CCCN1CCN(Cc2ccc(C)cc2)CC1. The van der Waals surface area contributed by atoms with E-state index in [0.717, 1.165) is 45.7 Å². The molecule has 1 saturated heterocycles.